The summed E-state index contributed by atoms with van der Waals surface area (Å²) in [5.41, 5.74) is 1.13. The van der Waals surface area contributed by atoms with Gasteiger partial charge in [0.05, 0.1) is 11.6 Å². The molecule has 6 nitrogen and oxygen atoms in total. The molecule has 1 atom stereocenters. The summed E-state index contributed by atoms with van der Waals surface area (Å²) in [4.78, 5) is 25.0. The Morgan fingerprint density at radius 1 is 1.47 bits per heavy atom. The largest absolute Gasteiger partial charge is 0.353 e. The van der Waals surface area contributed by atoms with E-state index in [0.717, 1.165) is 0 Å². The van der Waals surface area contributed by atoms with Crippen LogP contribution in [0, 0.1) is 11.3 Å². The van der Waals surface area contributed by atoms with Gasteiger partial charge in [0, 0.05) is 18.8 Å². The monoisotopic (exact) mass is 258 g/mol. The van der Waals surface area contributed by atoms with Crippen LogP contribution >= 0.6 is 0 Å². The number of rotatable bonds is 1. The summed E-state index contributed by atoms with van der Waals surface area (Å²) in [5, 5.41) is 14.1. The first-order chi connectivity index (χ1) is 9.11. The van der Waals surface area contributed by atoms with Crippen molar-refractivity contribution in [3.05, 3.63) is 29.8 Å². The van der Waals surface area contributed by atoms with Gasteiger partial charge in [-0.25, -0.2) is 4.79 Å². The molecule has 0 bridgehead atoms. The van der Waals surface area contributed by atoms with Gasteiger partial charge in [-0.2, -0.15) is 5.26 Å². The van der Waals surface area contributed by atoms with Gasteiger partial charge in [-0.15, -0.1) is 0 Å². The number of hydrogen-bond acceptors (Lipinski definition) is 3. The summed E-state index contributed by atoms with van der Waals surface area (Å²) in [7, 11) is 0. The molecule has 19 heavy (non-hydrogen) atoms. The molecular formula is C13H14N4O2. The lowest BCUT2D eigenvalue weighted by molar-refractivity contribution is -0.126. The van der Waals surface area contributed by atoms with Gasteiger partial charge >= 0.3 is 6.03 Å². The predicted molar refractivity (Wildman–Crippen MR) is 69.4 cm³/mol. The third kappa shape index (κ3) is 2.83. The van der Waals surface area contributed by atoms with Crippen molar-refractivity contribution < 1.29 is 9.59 Å². The van der Waals surface area contributed by atoms with Gasteiger partial charge in [-0.3, -0.25) is 4.79 Å². The number of nitrogens with one attached hydrogen (secondary N) is 2. The molecule has 6 heteroatoms. The maximum Gasteiger partial charge on any atom is 0.322 e. The minimum Gasteiger partial charge on any atom is -0.353 e. The van der Waals surface area contributed by atoms with Gasteiger partial charge in [0.2, 0.25) is 5.91 Å². The van der Waals surface area contributed by atoms with E-state index in [1.54, 1.807) is 31.2 Å². The van der Waals surface area contributed by atoms with E-state index in [1.165, 1.54) is 4.90 Å². The van der Waals surface area contributed by atoms with E-state index in [4.69, 9.17) is 5.26 Å². The first-order valence-electron chi connectivity index (χ1n) is 5.97. The Balaban J connectivity index is 2.04. The van der Waals surface area contributed by atoms with E-state index in [-0.39, 0.29) is 11.9 Å². The van der Waals surface area contributed by atoms with Crippen LogP contribution in [0.25, 0.3) is 0 Å². The molecule has 1 unspecified atom stereocenters. The van der Waals surface area contributed by atoms with Crippen LogP contribution in [0.15, 0.2) is 24.3 Å². The van der Waals surface area contributed by atoms with Crippen LogP contribution in [0.1, 0.15) is 12.5 Å². The van der Waals surface area contributed by atoms with E-state index in [9.17, 15) is 9.59 Å². The summed E-state index contributed by atoms with van der Waals surface area (Å²) in [6.45, 7) is 2.63. The molecule has 1 saturated heterocycles. The molecule has 1 fully saturated rings. The summed E-state index contributed by atoms with van der Waals surface area (Å²) in [5.74, 6) is -0.152. The van der Waals surface area contributed by atoms with Gasteiger partial charge in [0.1, 0.15) is 6.04 Å². The van der Waals surface area contributed by atoms with Crippen LogP contribution in [0.4, 0.5) is 10.5 Å². The molecule has 3 amide bonds. The number of carbonyl (C=O) groups excluding carboxylic acids is 2. The van der Waals surface area contributed by atoms with Crippen molar-refractivity contribution in [1.82, 2.24) is 10.2 Å². The molecule has 0 aliphatic carbocycles. The molecule has 0 aromatic heterocycles. The average molecular weight is 258 g/mol. The highest BCUT2D eigenvalue weighted by atomic mass is 16.2. The molecule has 1 heterocycles. The third-order valence-corrected chi connectivity index (χ3v) is 3.03. The SMILES string of the molecule is CC1C(=O)NCCN1C(=O)Nc1ccc(C#N)cc1. The number of carbonyl (C=O) groups is 2. The van der Waals surface area contributed by atoms with Crippen LogP contribution in [0.5, 0.6) is 0 Å². The number of urea groups is 1. The highest BCUT2D eigenvalue weighted by Gasteiger charge is 2.29. The smallest absolute Gasteiger partial charge is 0.322 e. The Bertz CT molecular complexity index is 533. The normalized spacial score (nSPS) is 18.4. The van der Waals surface area contributed by atoms with Crippen molar-refractivity contribution in [2.24, 2.45) is 0 Å². The Morgan fingerprint density at radius 3 is 2.79 bits per heavy atom. The Hall–Kier alpha value is -2.55. The van der Waals surface area contributed by atoms with E-state index >= 15 is 0 Å². The molecule has 0 radical (unpaired) electrons. The summed E-state index contributed by atoms with van der Waals surface area (Å²) < 4.78 is 0. The minimum absolute atomic E-state index is 0.152. The lowest BCUT2D eigenvalue weighted by atomic mass is 10.2. The fourth-order valence-electron chi connectivity index (χ4n) is 1.88. The fourth-order valence-corrected chi connectivity index (χ4v) is 1.88. The van der Waals surface area contributed by atoms with Crippen LogP contribution in [0.3, 0.4) is 0 Å². The summed E-state index contributed by atoms with van der Waals surface area (Å²) >= 11 is 0. The Labute approximate surface area is 111 Å². The first kappa shape index (κ1) is 12.9. The average Bonchev–Trinajstić information content (AvgIpc) is 2.42. The van der Waals surface area contributed by atoms with Gasteiger partial charge in [-0.1, -0.05) is 0 Å². The highest BCUT2D eigenvalue weighted by molar-refractivity contribution is 5.94. The highest BCUT2D eigenvalue weighted by Crippen LogP contribution is 2.12. The quantitative estimate of drug-likeness (QED) is 0.785. The molecular weight excluding hydrogens is 244 g/mol. The molecule has 1 aromatic rings. The maximum absolute atomic E-state index is 12.0. The van der Waals surface area contributed by atoms with Crippen molar-refractivity contribution in [2.75, 3.05) is 18.4 Å². The third-order valence-electron chi connectivity index (χ3n) is 3.03. The van der Waals surface area contributed by atoms with E-state index < -0.39 is 6.04 Å². The van der Waals surface area contributed by atoms with Gasteiger partial charge in [-0.05, 0) is 31.2 Å². The molecule has 2 N–H and O–H groups in total. The number of hydrogen-bond donors (Lipinski definition) is 2. The molecule has 1 aliphatic rings. The number of benzene rings is 1. The van der Waals surface area contributed by atoms with Crippen LogP contribution in [-0.4, -0.2) is 36.0 Å². The second kappa shape index (κ2) is 5.40. The number of piperazine rings is 1. The number of amides is 3. The molecule has 98 valence electrons. The van der Waals surface area contributed by atoms with E-state index in [1.807, 2.05) is 6.07 Å². The zero-order valence-corrected chi connectivity index (χ0v) is 10.5. The number of nitriles is 1. The standard InChI is InChI=1S/C13H14N4O2/c1-9-12(18)15-6-7-17(9)13(19)16-11-4-2-10(8-14)3-5-11/h2-5,9H,6-7H2,1H3,(H,15,18)(H,16,19). The van der Waals surface area contributed by atoms with Crippen LogP contribution in [0.2, 0.25) is 0 Å². The van der Waals surface area contributed by atoms with E-state index in [0.29, 0.717) is 24.3 Å². The van der Waals surface area contributed by atoms with Crippen molar-refractivity contribution in [3.8, 4) is 6.07 Å². The molecule has 1 aliphatic heterocycles. The molecule has 0 saturated carbocycles. The topological polar surface area (TPSA) is 85.2 Å². The lowest BCUT2D eigenvalue weighted by Crippen LogP contribution is -2.56. The lowest BCUT2D eigenvalue weighted by Gasteiger charge is -2.32. The summed E-state index contributed by atoms with van der Waals surface area (Å²) in [6.07, 6.45) is 0. The van der Waals surface area contributed by atoms with Gasteiger partial charge < -0.3 is 15.5 Å². The van der Waals surface area contributed by atoms with Gasteiger partial charge in [0.25, 0.3) is 0 Å². The zero-order valence-electron chi connectivity index (χ0n) is 10.5. The van der Waals surface area contributed by atoms with Crippen molar-refractivity contribution >= 4 is 17.6 Å². The number of nitrogens with zero attached hydrogens (tertiary/aromatic N) is 2. The molecule has 0 spiro atoms. The minimum atomic E-state index is -0.480. The van der Waals surface area contributed by atoms with Crippen molar-refractivity contribution in [3.63, 3.8) is 0 Å². The van der Waals surface area contributed by atoms with Crippen LogP contribution in [-0.2, 0) is 4.79 Å². The fraction of sp³-hybridized carbons (Fsp3) is 0.308. The number of anilines is 1. The maximum atomic E-state index is 12.0. The molecule has 1 aromatic carbocycles. The second-order valence-electron chi connectivity index (χ2n) is 4.28. The molecule has 2 rings (SSSR count). The first-order valence-corrected chi connectivity index (χ1v) is 5.97. The predicted octanol–water partition coefficient (Wildman–Crippen LogP) is 0.910. The van der Waals surface area contributed by atoms with Gasteiger partial charge in [0.15, 0.2) is 0 Å². The summed E-state index contributed by atoms with van der Waals surface area (Å²) in [6, 6.07) is 7.78. The van der Waals surface area contributed by atoms with E-state index in [2.05, 4.69) is 10.6 Å². The second-order valence-corrected chi connectivity index (χ2v) is 4.28. The zero-order chi connectivity index (χ0) is 13.8. The Kier molecular flexibility index (Phi) is 3.66. The van der Waals surface area contributed by atoms with Crippen molar-refractivity contribution in [2.45, 2.75) is 13.0 Å². The van der Waals surface area contributed by atoms with Crippen LogP contribution < -0.4 is 10.6 Å². The Morgan fingerprint density at radius 2 is 2.16 bits per heavy atom. The van der Waals surface area contributed by atoms with Crippen molar-refractivity contribution in [1.29, 1.82) is 5.26 Å².